The molecule has 82 valence electrons. The summed E-state index contributed by atoms with van der Waals surface area (Å²) in [5.41, 5.74) is 3.93. The Balaban J connectivity index is 2.20. The maximum atomic E-state index is 11.9. The van der Waals surface area contributed by atoms with Gasteiger partial charge in [0.05, 0.1) is 5.69 Å². The minimum atomic E-state index is 0.249. The van der Waals surface area contributed by atoms with Crippen molar-refractivity contribution in [2.75, 3.05) is 0 Å². The van der Waals surface area contributed by atoms with E-state index < -0.39 is 0 Å². The van der Waals surface area contributed by atoms with E-state index in [0.29, 0.717) is 6.42 Å². The molecule has 4 heteroatoms. The number of aromatic amines is 1. The number of rotatable bonds is 1. The van der Waals surface area contributed by atoms with Crippen molar-refractivity contribution in [3.63, 3.8) is 0 Å². The van der Waals surface area contributed by atoms with Crippen LogP contribution in [0.1, 0.15) is 28.9 Å². The highest BCUT2D eigenvalue weighted by Crippen LogP contribution is 2.30. The lowest BCUT2D eigenvalue weighted by Crippen LogP contribution is -2.10. The molecule has 0 spiro atoms. The molecule has 2 heterocycles. The monoisotopic (exact) mass is 215 g/mol. The van der Waals surface area contributed by atoms with Crippen molar-refractivity contribution in [2.45, 2.75) is 19.3 Å². The fourth-order valence-corrected chi connectivity index (χ4v) is 2.37. The van der Waals surface area contributed by atoms with Gasteiger partial charge in [0.2, 0.25) is 0 Å². The fourth-order valence-electron chi connectivity index (χ4n) is 2.37. The molecule has 0 saturated heterocycles. The van der Waals surface area contributed by atoms with Crippen molar-refractivity contribution in [1.82, 2.24) is 14.8 Å². The smallest absolute Gasteiger partial charge is 0.165 e. The lowest BCUT2D eigenvalue weighted by Gasteiger charge is -2.11. The molecule has 0 aliphatic heterocycles. The van der Waals surface area contributed by atoms with Crippen LogP contribution in [0.2, 0.25) is 0 Å². The summed E-state index contributed by atoms with van der Waals surface area (Å²) < 4.78 is 1.80. The molecular formula is C12H13N3O. The third-order valence-corrected chi connectivity index (χ3v) is 3.17. The van der Waals surface area contributed by atoms with Crippen LogP contribution in [0.4, 0.5) is 0 Å². The minimum Gasteiger partial charge on any atom is -0.364 e. The Kier molecular flexibility index (Phi) is 1.96. The highest BCUT2D eigenvalue weighted by molar-refractivity contribution is 6.04. The lowest BCUT2D eigenvalue weighted by molar-refractivity contribution is 0.0973. The van der Waals surface area contributed by atoms with Gasteiger partial charge in [-0.25, -0.2) is 0 Å². The zero-order valence-corrected chi connectivity index (χ0v) is 9.16. The second kappa shape index (κ2) is 3.33. The van der Waals surface area contributed by atoms with E-state index in [9.17, 15) is 4.79 Å². The summed E-state index contributed by atoms with van der Waals surface area (Å²) >= 11 is 0. The van der Waals surface area contributed by atoms with E-state index >= 15 is 0 Å². The van der Waals surface area contributed by atoms with Gasteiger partial charge < -0.3 is 4.98 Å². The number of hydrogen-bond donors (Lipinski definition) is 1. The quantitative estimate of drug-likeness (QED) is 0.790. The third kappa shape index (κ3) is 1.23. The summed E-state index contributed by atoms with van der Waals surface area (Å²) in [5.74, 6) is 0.249. The fraction of sp³-hybridized carbons (Fsp3) is 0.333. The maximum absolute atomic E-state index is 11.9. The van der Waals surface area contributed by atoms with E-state index in [1.165, 1.54) is 0 Å². The predicted octanol–water partition coefficient (Wildman–Crippen LogP) is 1.93. The number of aromatic nitrogens is 3. The van der Waals surface area contributed by atoms with Crippen LogP contribution in [0.15, 0.2) is 18.5 Å². The molecule has 1 aliphatic rings. The van der Waals surface area contributed by atoms with Crippen LogP contribution in [0.25, 0.3) is 11.3 Å². The standard InChI is InChI=1S/C12H13N3O/c1-15-10(5-6-14-15)8-7-13-9-3-2-4-11(16)12(8)9/h5-7,13H,2-4H2,1H3. The lowest BCUT2D eigenvalue weighted by atomic mass is 9.93. The Morgan fingerprint density at radius 2 is 2.31 bits per heavy atom. The highest BCUT2D eigenvalue weighted by Gasteiger charge is 2.24. The topological polar surface area (TPSA) is 50.7 Å². The van der Waals surface area contributed by atoms with Crippen LogP contribution in [0.3, 0.4) is 0 Å². The Morgan fingerprint density at radius 3 is 3.06 bits per heavy atom. The predicted molar refractivity (Wildman–Crippen MR) is 60.3 cm³/mol. The molecule has 1 aliphatic carbocycles. The molecule has 2 aromatic rings. The number of nitrogens with zero attached hydrogens (tertiary/aromatic N) is 2. The van der Waals surface area contributed by atoms with Crippen LogP contribution in [-0.2, 0) is 13.5 Å². The number of carbonyl (C=O) groups is 1. The van der Waals surface area contributed by atoms with Crippen molar-refractivity contribution in [3.8, 4) is 11.3 Å². The van der Waals surface area contributed by atoms with Gasteiger partial charge in [-0.05, 0) is 18.9 Å². The summed E-state index contributed by atoms with van der Waals surface area (Å²) in [6, 6.07) is 1.94. The SMILES string of the molecule is Cn1nccc1-c1c[nH]c2c1C(=O)CCC2. The molecule has 16 heavy (non-hydrogen) atoms. The molecule has 0 aromatic carbocycles. The molecule has 4 nitrogen and oxygen atoms in total. The first-order valence-electron chi connectivity index (χ1n) is 5.49. The molecule has 0 bridgehead atoms. The Hall–Kier alpha value is -1.84. The molecule has 0 radical (unpaired) electrons. The average molecular weight is 215 g/mol. The first kappa shape index (κ1) is 9.39. The number of nitrogens with one attached hydrogen (secondary N) is 1. The Labute approximate surface area is 93.3 Å². The Morgan fingerprint density at radius 1 is 1.44 bits per heavy atom. The van der Waals surface area contributed by atoms with Gasteiger partial charge in [0.1, 0.15) is 0 Å². The largest absolute Gasteiger partial charge is 0.364 e. The van der Waals surface area contributed by atoms with Crippen LogP contribution >= 0.6 is 0 Å². The number of aryl methyl sites for hydroxylation is 2. The third-order valence-electron chi connectivity index (χ3n) is 3.17. The van der Waals surface area contributed by atoms with Crippen LogP contribution in [0, 0.1) is 0 Å². The molecule has 1 N–H and O–H groups in total. The summed E-state index contributed by atoms with van der Waals surface area (Å²) in [7, 11) is 1.89. The van der Waals surface area contributed by atoms with Crippen molar-refractivity contribution >= 4 is 5.78 Å². The number of Topliss-reactive ketones (excluding diaryl/α,β-unsaturated/α-hetero) is 1. The second-order valence-electron chi connectivity index (χ2n) is 4.17. The zero-order valence-electron chi connectivity index (χ0n) is 9.16. The van der Waals surface area contributed by atoms with E-state index in [-0.39, 0.29) is 5.78 Å². The second-order valence-corrected chi connectivity index (χ2v) is 4.17. The maximum Gasteiger partial charge on any atom is 0.165 e. The molecule has 0 saturated carbocycles. The van der Waals surface area contributed by atoms with Gasteiger partial charge in [0.25, 0.3) is 0 Å². The van der Waals surface area contributed by atoms with Crippen LogP contribution < -0.4 is 0 Å². The van der Waals surface area contributed by atoms with Gasteiger partial charge in [-0.2, -0.15) is 5.10 Å². The molecule has 0 unspecified atom stereocenters. The molecule has 0 atom stereocenters. The van der Waals surface area contributed by atoms with Gasteiger partial charge >= 0.3 is 0 Å². The minimum absolute atomic E-state index is 0.249. The molecule has 0 fully saturated rings. The summed E-state index contributed by atoms with van der Waals surface area (Å²) in [6.45, 7) is 0. The molecule has 2 aromatic heterocycles. The van der Waals surface area contributed by atoms with Crippen molar-refractivity contribution < 1.29 is 4.79 Å². The van der Waals surface area contributed by atoms with Crippen LogP contribution in [-0.4, -0.2) is 20.5 Å². The van der Waals surface area contributed by atoms with E-state index in [0.717, 1.165) is 35.4 Å². The van der Waals surface area contributed by atoms with E-state index in [1.54, 1.807) is 10.9 Å². The van der Waals surface area contributed by atoms with Gasteiger partial charge in [-0.1, -0.05) is 0 Å². The zero-order chi connectivity index (χ0) is 11.1. The molecule has 0 amide bonds. The van der Waals surface area contributed by atoms with E-state index in [2.05, 4.69) is 10.1 Å². The van der Waals surface area contributed by atoms with Crippen LogP contribution in [0.5, 0.6) is 0 Å². The molecular weight excluding hydrogens is 202 g/mol. The number of hydrogen-bond acceptors (Lipinski definition) is 2. The van der Waals surface area contributed by atoms with Gasteiger partial charge in [-0.3, -0.25) is 9.48 Å². The Bertz CT molecular complexity index is 550. The highest BCUT2D eigenvalue weighted by atomic mass is 16.1. The summed E-state index contributed by atoms with van der Waals surface area (Å²) in [5, 5.41) is 4.14. The normalized spacial score (nSPS) is 15.2. The van der Waals surface area contributed by atoms with E-state index in [4.69, 9.17) is 0 Å². The average Bonchev–Trinajstić information content (AvgIpc) is 2.84. The van der Waals surface area contributed by atoms with Crippen molar-refractivity contribution in [3.05, 3.63) is 29.7 Å². The first-order chi connectivity index (χ1) is 7.77. The first-order valence-corrected chi connectivity index (χ1v) is 5.49. The van der Waals surface area contributed by atoms with Crippen molar-refractivity contribution in [2.24, 2.45) is 7.05 Å². The number of carbonyl (C=O) groups excluding carboxylic acids is 1. The van der Waals surface area contributed by atoms with Gasteiger partial charge in [0, 0.05) is 42.7 Å². The van der Waals surface area contributed by atoms with E-state index in [1.807, 2.05) is 19.3 Å². The number of ketones is 1. The summed E-state index contributed by atoms with van der Waals surface area (Å²) in [4.78, 5) is 15.1. The number of H-pyrrole nitrogens is 1. The molecule has 3 rings (SSSR count). The summed E-state index contributed by atoms with van der Waals surface area (Å²) in [6.07, 6.45) is 6.26. The van der Waals surface area contributed by atoms with Crippen molar-refractivity contribution in [1.29, 1.82) is 0 Å². The number of fused-ring (bicyclic) bond motifs is 1. The van der Waals surface area contributed by atoms with Gasteiger partial charge in [0.15, 0.2) is 5.78 Å². The van der Waals surface area contributed by atoms with Gasteiger partial charge in [-0.15, -0.1) is 0 Å².